The summed E-state index contributed by atoms with van der Waals surface area (Å²) in [5.41, 5.74) is 2.42. The zero-order chi connectivity index (χ0) is 32.7. The molecule has 2 atom stereocenters. The number of hydrogen-bond donors (Lipinski definition) is 3. The Hall–Kier alpha value is -3.55. The van der Waals surface area contributed by atoms with Gasteiger partial charge in [0.15, 0.2) is 15.6 Å². The number of nitrogens with one attached hydrogen (secondary N) is 2. The van der Waals surface area contributed by atoms with Crippen molar-refractivity contribution in [3.63, 3.8) is 0 Å². The average Bonchev–Trinajstić information content (AvgIpc) is 2.98. The number of ketones is 1. The maximum atomic E-state index is 13.3. The number of carbonyl (C=O) groups is 4. The minimum absolute atomic E-state index is 0.0271. The van der Waals surface area contributed by atoms with Gasteiger partial charge in [-0.05, 0) is 49.1 Å². The smallest absolute Gasteiger partial charge is 0.326 e. The quantitative estimate of drug-likeness (QED) is 0.307. The lowest BCUT2D eigenvalue weighted by Crippen LogP contribution is -2.42. The van der Waals surface area contributed by atoms with Crippen molar-refractivity contribution in [3.8, 4) is 0 Å². The highest BCUT2D eigenvalue weighted by atomic mass is 35.5. The first-order chi connectivity index (χ1) is 21.3. The van der Waals surface area contributed by atoms with Crippen molar-refractivity contribution in [2.45, 2.75) is 44.3 Å². The first-order valence-corrected chi connectivity index (χ1v) is 16.9. The Labute approximate surface area is 270 Å². The predicted octanol–water partition coefficient (Wildman–Crippen LogP) is 3.31. The van der Waals surface area contributed by atoms with Gasteiger partial charge in [0.25, 0.3) is 11.8 Å². The number of aliphatic carboxylic acids is 1. The Balaban J connectivity index is 1.28. The zero-order valence-corrected chi connectivity index (χ0v) is 26.6. The summed E-state index contributed by atoms with van der Waals surface area (Å²) >= 11 is 12.7. The van der Waals surface area contributed by atoms with Crippen molar-refractivity contribution in [2.24, 2.45) is 4.99 Å². The number of hydrogen-bond acceptors (Lipinski definition) is 8. The van der Waals surface area contributed by atoms with E-state index in [1.807, 2.05) is 6.07 Å². The summed E-state index contributed by atoms with van der Waals surface area (Å²) < 4.78 is 36.8. The maximum Gasteiger partial charge on any atom is 0.326 e. The number of benzene rings is 2. The first kappa shape index (κ1) is 34.3. The number of carbonyl (C=O) groups excluding carboxylic acids is 3. The molecule has 1 fully saturated rings. The van der Waals surface area contributed by atoms with Gasteiger partial charge in [-0.25, -0.2) is 17.6 Å². The number of carboxylic acid groups (broad SMARTS) is 1. The third kappa shape index (κ3) is 9.72. The van der Waals surface area contributed by atoms with E-state index in [-0.39, 0.29) is 66.1 Å². The van der Waals surface area contributed by atoms with Crippen LogP contribution in [0.25, 0.3) is 0 Å². The van der Waals surface area contributed by atoms with Gasteiger partial charge in [0.1, 0.15) is 12.2 Å². The van der Waals surface area contributed by atoms with E-state index in [2.05, 4.69) is 15.6 Å². The van der Waals surface area contributed by atoms with Crippen LogP contribution in [-0.2, 0) is 25.8 Å². The summed E-state index contributed by atoms with van der Waals surface area (Å²) in [5.74, 6) is -3.21. The second-order valence-corrected chi connectivity index (χ2v) is 14.1. The van der Waals surface area contributed by atoms with Gasteiger partial charge < -0.3 is 20.6 Å². The number of anilines is 1. The molecule has 242 valence electrons. The molecule has 2 aromatic rings. The number of rotatable bonds is 12. The van der Waals surface area contributed by atoms with Gasteiger partial charge in [-0.15, -0.1) is 0 Å². The van der Waals surface area contributed by atoms with E-state index in [4.69, 9.17) is 23.2 Å². The van der Waals surface area contributed by atoms with Crippen LogP contribution in [0.5, 0.6) is 0 Å². The monoisotopic (exact) mass is 682 g/mol. The molecule has 4 rings (SSSR count). The van der Waals surface area contributed by atoms with Gasteiger partial charge >= 0.3 is 5.97 Å². The summed E-state index contributed by atoms with van der Waals surface area (Å²) in [7, 11) is -3.11. The molecule has 15 heteroatoms. The second-order valence-electron chi connectivity index (χ2n) is 11.0. The topological polar surface area (TPSA) is 162 Å². The molecule has 2 aliphatic rings. The van der Waals surface area contributed by atoms with Crippen LogP contribution in [0.15, 0.2) is 41.4 Å². The third-order valence-electron chi connectivity index (χ3n) is 7.58. The van der Waals surface area contributed by atoms with Crippen LogP contribution in [0, 0.1) is 0 Å². The van der Waals surface area contributed by atoms with Crippen molar-refractivity contribution < 1.29 is 37.1 Å². The van der Waals surface area contributed by atoms with E-state index in [9.17, 15) is 37.1 Å². The molecule has 2 aliphatic heterocycles. The van der Waals surface area contributed by atoms with Crippen LogP contribution < -0.4 is 15.5 Å². The van der Waals surface area contributed by atoms with Crippen molar-refractivity contribution in [2.75, 3.05) is 42.6 Å². The highest BCUT2D eigenvalue weighted by molar-refractivity contribution is 7.91. The van der Waals surface area contributed by atoms with E-state index < -0.39 is 45.6 Å². The molecule has 1 saturated heterocycles. The molecule has 2 amide bonds. The van der Waals surface area contributed by atoms with Gasteiger partial charge in [-0.1, -0.05) is 35.3 Å². The van der Waals surface area contributed by atoms with E-state index in [0.29, 0.717) is 30.5 Å². The maximum absolute atomic E-state index is 13.3. The van der Waals surface area contributed by atoms with Gasteiger partial charge in [0, 0.05) is 42.9 Å². The number of sulfone groups is 1. The number of amides is 2. The molecule has 0 bridgehead atoms. The number of alkyl halides is 1. The molecular weight excluding hydrogens is 650 g/mol. The van der Waals surface area contributed by atoms with Crippen LogP contribution in [0.2, 0.25) is 10.0 Å². The van der Waals surface area contributed by atoms with Gasteiger partial charge in [0.2, 0.25) is 0 Å². The minimum atomic E-state index is -3.11. The molecule has 3 N–H and O–H groups in total. The number of aliphatic imine (C=N–C) groups is 1. The molecule has 0 saturated carbocycles. The summed E-state index contributed by atoms with van der Waals surface area (Å²) in [6, 6.07) is 8.30. The van der Waals surface area contributed by atoms with E-state index in [1.54, 1.807) is 23.1 Å². The van der Waals surface area contributed by atoms with Gasteiger partial charge in [0.05, 0.1) is 40.2 Å². The Kier molecular flexibility index (Phi) is 11.6. The molecule has 11 nitrogen and oxygen atoms in total. The minimum Gasteiger partial charge on any atom is -0.480 e. The van der Waals surface area contributed by atoms with Crippen molar-refractivity contribution >= 4 is 68.0 Å². The Bertz CT molecular complexity index is 1580. The molecule has 2 heterocycles. The van der Waals surface area contributed by atoms with Crippen LogP contribution >= 0.6 is 23.2 Å². The Morgan fingerprint density at radius 1 is 1.07 bits per heavy atom. The number of nitrogens with zero attached hydrogens (tertiary/aromatic N) is 2. The third-order valence-corrected chi connectivity index (χ3v) is 9.79. The molecule has 0 radical (unpaired) electrons. The summed E-state index contributed by atoms with van der Waals surface area (Å²) in [4.78, 5) is 56.0. The fourth-order valence-corrected chi connectivity index (χ4v) is 6.86. The Morgan fingerprint density at radius 2 is 1.76 bits per heavy atom. The lowest BCUT2D eigenvalue weighted by atomic mass is 9.99. The standard InChI is InChI=1S/C30H33Cl2FN4O7S/c31-24-14-22(37-8-10-45(43,44)11-9-37)15-25(32)27(24)29(40)36-26(30(41)42)7-6-23(38)17-35-28(39)19-3-1-2-18(12-19)13-21-5-4-20(33)16-34-21/h1-3,12,14-15,20,26H,4-11,13,16-17H2,(H,35,39)(H,36,40)(H,41,42)/t20?,26-/m0/s1. The molecule has 0 aromatic heterocycles. The number of halogens is 3. The fraction of sp³-hybridized carbons (Fsp3) is 0.433. The number of Topliss-reactive ketones (excluding diaryl/α,β-unsaturated/α-hetero) is 1. The summed E-state index contributed by atoms with van der Waals surface area (Å²) in [5, 5.41) is 14.4. The highest BCUT2D eigenvalue weighted by Gasteiger charge is 2.27. The number of carboxylic acids is 1. The van der Waals surface area contributed by atoms with Gasteiger partial charge in [-0.2, -0.15) is 0 Å². The largest absolute Gasteiger partial charge is 0.480 e. The highest BCUT2D eigenvalue weighted by Crippen LogP contribution is 2.32. The molecular formula is C30H33Cl2FN4O7S. The first-order valence-electron chi connectivity index (χ1n) is 14.3. The van der Waals surface area contributed by atoms with Gasteiger partial charge in [-0.3, -0.25) is 19.4 Å². The van der Waals surface area contributed by atoms with Crippen molar-refractivity contribution in [1.82, 2.24) is 10.6 Å². The van der Waals surface area contributed by atoms with E-state index >= 15 is 0 Å². The molecule has 0 spiro atoms. The van der Waals surface area contributed by atoms with Crippen LogP contribution in [0.3, 0.4) is 0 Å². The lowest BCUT2D eigenvalue weighted by Gasteiger charge is -2.29. The van der Waals surface area contributed by atoms with E-state index in [0.717, 1.165) is 11.3 Å². The van der Waals surface area contributed by atoms with Crippen molar-refractivity contribution in [1.29, 1.82) is 0 Å². The summed E-state index contributed by atoms with van der Waals surface area (Å²) in [6.45, 7) is 0.281. The Morgan fingerprint density at radius 3 is 2.38 bits per heavy atom. The average molecular weight is 684 g/mol. The van der Waals surface area contributed by atoms with E-state index in [1.165, 1.54) is 12.1 Å². The van der Waals surface area contributed by atoms with Crippen LogP contribution in [-0.4, -0.2) is 92.7 Å². The predicted molar refractivity (Wildman–Crippen MR) is 169 cm³/mol. The zero-order valence-electron chi connectivity index (χ0n) is 24.2. The molecule has 1 unspecified atom stereocenters. The fourth-order valence-electron chi connectivity index (χ4n) is 5.02. The summed E-state index contributed by atoms with van der Waals surface area (Å²) in [6.07, 6.45) is 0.0780. The van der Waals surface area contributed by atoms with Crippen molar-refractivity contribution in [3.05, 3.63) is 63.1 Å². The molecule has 45 heavy (non-hydrogen) atoms. The molecule has 0 aliphatic carbocycles. The second kappa shape index (κ2) is 15.2. The normalized spacial score (nSPS) is 18.4. The lowest BCUT2D eigenvalue weighted by molar-refractivity contribution is -0.139. The molecule has 2 aromatic carbocycles. The van der Waals surface area contributed by atoms with Crippen LogP contribution in [0.4, 0.5) is 10.1 Å². The SMILES string of the molecule is O=C(CC[C@H](NC(=O)c1c(Cl)cc(N2CCS(=O)(=O)CC2)cc1Cl)C(=O)O)CNC(=O)c1cccc(CC2=NCC(F)CC2)c1. The van der Waals surface area contributed by atoms with Crippen LogP contribution in [0.1, 0.15) is 52.0 Å².